The number of aliphatic hydroxyl groups is 1. The van der Waals surface area contributed by atoms with Gasteiger partial charge in [0, 0.05) is 48.8 Å². The van der Waals surface area contributed by atoms with Crippen LogP contribution >= 0.6 is 0 Å². The fourth-order valence-corrected chi connectivity index (χ4v) is 3.71. The minimum atomic E-state index is -0.896. The number of aromatic nitrogens is 2. The Morgan fingerprint density at radius 3 is 2.88 bits per heavy atom. The fourth-order valence-electron chi connectivity index (χ4n) is 3.71. The standard InChI is InChI=1S/C20H21N3O3/c24-12-15-3-1-13(10-22-15)6-8-23-18-4-2-14(20(25)26)9-16(18)17-11-21-7-5-19(17)23/h1-4,9-10,21,24H,5-8,11-12H2,(H,25,26). The summed E-state index contributed by atoms with van der Waals surface area (Å²) in [5.74, 6) is -0.896. The zero-order valence-corrected chi connectivity index (χ0v) is 14.4. The molecular formula is C20H21N3O3. The highest BCUT2D eigenvalue weighted by atomic mass is 16.4. The van der Waals surface area contributed by atoms with Gasteiger partial charge in [-0.25, -0.2) is 4.79 Å². The third-order valence-electron chi connectivity index (χ3n) is 5.05. The Kier molecular flexibility index (Phi) is 4.44. The Morgan fingerprint density at radius 1 is 1.27 bits per heavy atom. The second kappa shape index (κ2) is 6.90. The summed E-state index contributed by atoms with van der Waals surface area (Å²) in [6.07, 6.45) is 3.59. The van der Waals surface area contributed by atoms with Crippen molar-refractivity contribution < 1.29 is 15.0 Å². The molecular weight excluding hydrogens is 330 g/mol. The fraction of sp³-hybridized carbons (Fsp3) is 0.300. The first-order valence-electron chi connectivity index (χ1n) is 8.80. The van der Waals surface area contributed by atoms with Gasteiger partial charge in [0.1, 0.15) is 0 Å². The number of carbonyl (C=O) groups is 1. The molecule has 134 valence electrons. The second-order valence-corrected chi connectivity index (χ2v) is 6.61. The van der Waals surface area contributed by atoms with Crippen LogP contribution in [-0.4, -0.2) is 32.3 Å². The second-order valence-electron chi connectivity index (χ2n) is 6.61. The highest BCUT2D eigenvalue weighted by Gasteiger charge is 2.20. The first kappa shape index (κ1) is 16.8. The third-order valence-corrected chi connectivity index (χ3v) is 5.05. The number of pyridine rings is 1. The van der Waals surface area contributed by atoms with Gasteiger partial charge in [-0.1, -0.05) is 6.07 Å². The van der Waals surface area contributed by atoms with Gasteiger partial charge in [0.25, 0.3) is 0 Å². The van der Waals surface area contributed by atoms with Gasteiger partial charge in [-0.2, -0.15) is 0 Å². The molecule has 0 fully saturated rings. The number of rotatable bonds is 5. The van der Waals surface area contributed by atoms with E-state index in [1.807, 2.05) is 24.4 Å². The molecule has 0 spiro atoms. The molecule has 0 aliphatic carbocycles. The smallest absolute Gasteiger partial charge is 0.335 e. The molecule has 0 amide bonds. The van der Waals surface area contributed by atoms with E-state index in [1.54, 1.807) is 12.1 Å². The van der Waals surface area contributed by atoms with Crippen molar-refractivity contribution in [2.24, 2.45) is 0 Å². The average molecular weight is 351 g/mol. The summed E-state index contributed by atoms with van der Waals surface area (Å²) in [5.41, 5.74) is 5.71. The van der Waals surface area contributed by atoms with E-state index in [0.717, 1.165) is 48.9 Å². The number of nitrogens with one attached hydrogen (secondary N) is 1. The number of carboxylic acids is 1. The summed E-state index contributed by atoms with van der Waals surface area (Å²) in [6.45, 7) is 2.48. The van der Waals surface area contributed by atoms with Crippen molar-refractivity contribution in [3.8, 4) is 0 Å². The topological polar surface area (TPSA) is 87.4 Å². The maximum Gasteiger partial charge on any atom is 0.335 e. The third kappa shape index (κ3) is 2.98. The molecule has 6 heteroatoms. The lowest BCUT2D eigenvalue weighted by atomic mass is 10.0. The molecule has 3 N–H and O–H groups in total. The van der Waals surface area contributed by atoms with Crippen molar-refractivity contribution in [3.05, 3.63) is 64.6 Å². The summed E-state index contributed by atoms with van der Waals surface area (Å²) >= 11 is 0. The maximum atomic E-state index is 11.3. The first-order chi connectivity index (χ1) is 12.7. The van der Waals surface area contributed by atoms with Crippen molar-refractivity contribution in [3.63, 3.8) is 0 Å². The Hall–Kier alpha value is -2.70. The number of aliphatic hydroxyl groups excluding tert-OH is 1. The number of fused-ring (bicyclic) bond motifs is 3. The van der Waals surface area contributed by atoms with E-state index >= 15 is 0 Å². The summed E-state index contributed by atoms with van der Waals surface area (Å²) in [4.78, 5) is 15.6. The van der Waals surface area contributed by atoms with Crippen molar-refractivity contribution in [1.82, 2.24) is 14.9 Å². The van der Waals surface area contributed by atoms with Crippen LogP contribution in [-0.2, 0) is 32.5 Å². The van der Waals surface area contributed by atoms with Crippen molar-refractivity contribution >= 4 is 16.9 Å². The molecule has 0 saturated carbocycles. The van der Waals surface area contributed by atoms with Crippen LogP contribution in [0.25, 0.3) is 10.9 Å². The zero-order chi connectivity index (χ0) is 18.1. The average Bonchev–Trinajstić information content (AvgIpc) is 3.00. The minimum absolute atomic E-state index is 0.0467. The molecule has 6 nitrogen and oxygen atoms in total. The largest absolute Gasteiger partial charge is 0.478 e. The maximum absolute atomic E-state index is 11.3. The van der Waals surface area contributed by atoms with Crippen LogP contribution in [0.4, 0.5) is 0 Å². The molecule has 1 aliphatic rings. The first-order valence-corrected chi connectivity index (χ1v) is 8.80. The van der Waals surface area contributed by atoms with Gasteiger partial charge in [-0.05, 0) is 41.8 Å². The number of benzene rings is 1. The van der Waals surface area contributed by atoms with Crippen LogP contribution in [0.3, 0.4) is 0 Å². The molecule has 0 atom stereocenters. The molecule has 0 bridgehead atoms. The SMILES string of the molecule is O=C(O)c1ccc2c(c1)c1c(n2CCc2ccc(CO)nc2)CCNC1. The number of hydrogen-bond acceptors (Lipinski definition) is 4. The molecule has 2 aromatic heterocycles. The Balaban J connectivity index is 1.70. The zero-order valence-electron chi connectivity index (χ0n) is 14.4. The van der Waals surface area contributed by atoms with Crippen LogP contribution in [0.15, 0.2) is 36.5 Å². The van der Waals surface area contributed by atoms with E-state index in [9.17, 15) is 9.90 Å². The lowest BCUT2D eigenvalue weighted by Gasteiger charge is -2.17. The van der Waals surface area contributed by atoms with Gasteiger partial charge < -0.3 is 20.1 Å². The molecule has 26 heavy (non-hydrogen) atoms. The molecule has 0 unspecified atom stereocenters. The Morgan fingerprint density at radius 2 is 2.15 bits per heavy atom. The Bertz CT molecular complexity index is 961. The van der Waals surface area contributed by atoms with Crippen molar-refractivity contribution in [1.29, 1.82) is 0 Å². The summed E-state index contributed by atoms with van der Waals surface area (Å²) in [6, 6.07) is 9.24. The molecule has 3 aromatic rings. The van der Waals surface area contributed by atoms with Crippen LogP contribution in [0.2, 0.25) is 0 Å². The Labute approximate surface area is 151 Å². The number of aromatic carboxylic acids is 1. The van der Waals surface area contributed by atoms with Gasteiger partial charge in [0.2, 0.25) is 0 Å². The molecule has 1 aliphatic heterocycles. The molecule has 3 heterocycles. The van der Waals surface area contributed by atoms with Crippen LogP contribution < -0.4 is 5.32 Å². The lowest BCUT2D eigenvalue weighted by Crippen LogP contribution is -2.24. The summed E-state index contributed by atoms with van der Waals surface area (Å²) < 4.78 is 2.32. The van der Waals surface area contributed by atoms with E-state index < -0.39 is 5.97 Å². The van der Waals surface area contributed by atoms with E-state index in [-0.39, 0.29) is 6.61 Å². The highest BCUT2D eigenvalue weighted by Crippen LogP contribution is 2.30. The summed E-state index contributed by atoms with van der Waals surface area (Å²) in [7, 11) is 0. The van der Waals surface area contributed by atoms with Crippen molar-refractivity contribution in [2.75, 3.05) is 6.54 Å². The molecule has 0 saturated heterocycles. The van der Waals surface area contributed by atoms with Crippen molar-refractivity contribution in [2.45, 2.75) is 32.5 Å². The van der Waals surface area contributed by atoms with E-state index in [4.69, 9.17) is 5.11 Å². The predicted octanol–water partition coefficient (Wildman–Crippen LogP) is 2.12. The minimum Gasteiger partial charge on any atom is -0.478 e. The molecule has 0 radical (unpaired) electrons. The molecule has 4 rings (SSSR count). The normalized spacial score (nSPS) is 13.7. The number of hydrogen-bond donors (Lipinski definition) is 3. The number of aryl methyl sites for hydroxylation is 2. The molecule has 1 aromatic carbocycles. The van der Waals surface area contributed by atoms with E-state index in [0.29, 0.717) is 11.3 Å². The van der Waals surface area contributed by atoms with Crippen LogP contribution in [0, 0.1) is 0 Å². The predicted molar refractivity (Wildman–Crippen MR) is 98.2 cm³/mol. The van der Waals surface area contributed by atoms with Gasteiger partial charge >= 0.3 is 5.97 Å². The monoisotopic (exact) mass is 351 g/mol. The number of carboxylic acid groups (broad SMARTS) is 1. The number of nitrogens with zero attached hydrogens (tertiary/aromatic N) is 2. The van der Waals surface area contributed by atoms with Gasteiger partial charge in [-0.3, -0.25) is 4.98 Å². The van der Waals surface area contributed by atoms with Gasteiger partial charge in [-0.15, -0.1) is 0 Å². The summed E-state index contributed by atoms with van der Waals surface area (Å²) in [5, 5.41) is 22.8. The van der Waals surface area contributed by atoms with Gasteiger partial charge in [0.15, 0.2) is 0 Å². The lowest BCUT2D eigenvalue weighted by molar-refractivity contribution is 0.0697. The van der Waals surface area contributed by atoms with E-state index in [1.165, 1.54) is 11.3 Å². The van der Waals surface area contributed by atoms with Crippen LogP contribution in [0.5, 0.6) is 0 Å². The van der Waals surface area contributed by atoms with E-state index in [2.05, 4.69) is 14.9 Å². The highest BCUT2D eigenvalue weighted by molar-refractivity contribution is 5.95. The van der Waals surface area contributed by atoms with Gasteiger partial charge in [0.05, 0.1) is 17.9 Å². The quantitative estimate of drug-likeness (QED) is 0.655. The van der Waals surface area contributed by atoms with Crippen LogP contribution in [0.1, 0.15) is 32.9 Å².